The van der Waals surface area contributed by atoms with E-state index in [2.05, 4.69) is 34.6 Å². The Kier molecular flexibility index (Phi) is 69.6. The van der Waals surface area contributed by atoms with Gasteiger partial charge >= 0.3 is 39.5 Å². The fraction of sp³-hybridized carbons (Fsp3) is 0.949. The second-order valence-corrected chi connectivity index (χ2v) is 31.5. The lowest BCUT2D eigenvalue weighted by molar-refractivity contribution is -0.161. The Morgan fingerprint density at radius 3 is 0.701 bits per heavy atom. The molecule has 576 valence electrons. The minimum Gasteiger partial charge on any atom is -0.462 e. The number of ether oxygens (including phenoxy) is 4. The number of aliphatic hydroxyl groups is 1. The summed E-state index contributed by atoms with van der Waals surface area (Å²) in [6.45, 7) is 7.31. The molecule has 3 N–H and O–H groups in total. The van der Waals surface area contributed by atoms with Crippen molar-refractivity contribution >= 4 is 39.5 Å². The third-order valence-corrected chi connectivity index (χ3v) is 20.2. The van der Waals surface area contributed by atoms with Crippen molar-refractivity contribution in [1.29, 1.82) is 0 Å². The van der Waals surface area contributed by atoms with Crippen LogP contribution in [0.25, 0.3) is 0 Å². The molecular formula is C78H152O17P2. The maximum Gasteiger partial charge on any atom is 0.472 e. The fourth-order valence-corrected chi connectivity index (χ4v) is 13.6. The van der Waals surface area contributed by atoms with Gasteiger partial charge in [0.05, 0.1) is 26.4 Å². The Morgan fingerprint density at radius 2 is 0.474 bits per heavy atom. The minimum atomic E-state index is -4.96. The summed E-state index contributed by atoms with van der Waals surface area (Å²) in [4.78, 5) is 72.9. The monoisotopic (exact) mass is 1420 g/mol. The average Bonchev–Trinajstić information content (AvgIpc) is 2.78. The van der Waals surface area contributed by atoms with Crippen LogP contribution in [0.2, 0.25) is 0 Å². The normalized spacial score (nSPS) is 13.9. The van der Waals surface area contributed by atoms with Gasteiger partial charge in [0.15, 0.2) is 12.2 Å². The number of carbonyl (C=O) groups is 4. The molecule has 0 bridgehead atoms. The number of phosphoric acid groups is 2. The number of hydrogen-bond donors (Lipinski definition) is 3. The molecule has 0 aliphatic rings. The van der Waals surface area contributed by atoms with Crippen molar-refractivity contribution in [3.05, 3.63) is 0 Å². The van der Waals surface area contributed by atoms with Gasteiger partial charge in [0.25, 0.3) is 0 Å². The predicted octanol–water partition coefficient (Wildman–Crippen LogP) is 23.3. The van der Waals surface area contributed by atoms with Crippen LogP contribution in [-0.2, 0) is 65.4 Å². The van der Waals surface area contributed by atoms with Gasteiger partial charge in [-0.1, -0.05) is 362 Å². The summed E-state index contributed by atoms with van der Waals surface area (Å²) in [7, 11) is -9.91. The summed E-state index contributed by atoms with van der Waals surface area (Å²) in [5.74, 6) is -1.34. The van der Waals surface area contributed by atoms with Crippen LogP contribution in [0.3, 0.4) is 0 Å². The van der Waals surface area contributed by atoms with Crippen LogP contribution < -0.4 is 0 Å². The Balaban J connectivity index is 5.23. The van der Waals surface area contributed by atoms with Crippen molar-refractivity contribution in [2.45, 2.75) is 432 Å². The number of rotatable bonds is 78. The van der Waals surface area contributed by atoms with Gasteiger partial charge in [-0.05, 0) is 31.6 Å². The molecule has 0 aliphatic carbocycles. The van der Waals surface area contributed by atoms with E-state index in [-0.39, 0.29) is 25.7 Å². The van der Waals surface area contributed by atoms with Crippen molar-refractivity contribution < 1.29 is 80.2 Å². The zero-order chi connectivity index (χ0) is 71.2. The van der Waals surface area contributed by atoms with Gasteiger partial charge in [0.1, 0.15) is 19.3 Å². The van der Waals surface area contributed by atoms with Crippen LogP contribution in [0.15, 0.2) is 0 Å². The molecule has 97 heavy (non-hydrogen) atoms. The molecule has 2 unspecified atom stereocenters. The second-order valence-electron chi connectivity index (χ2n) is 28.6. The molecule has 0 rings (SSSR count). The number of carbonyl (C=O) groups excluding carboxylic acids is 4. The van der Waals surface area contributed by atoms with Gasteiger partial charge in [-0.25, -0.2) is 9.13 Å². The number of unbranched alkanes of at least 4 members (excludes halogenated alkanes) is 50. The first-order valence-corrected chi connectivity index (χ1v) is 43.6. The fourth-order valence-electron chi connectivity index (χ4n) is 12.1. The Morgan fingerprint density at radius 1 is 0.278 bits per heavy atom. The molecule has 5 atom stereocenters. The van der Waals surface area contributed by atoms with E-state index < -0.39 is 97.5 Å². The number of phosphoric ester groups is 2. The van der Waals surface area contributed by atoms with Crippen LogP contribution in [0.5, 0.6) is 0 Å². The van der Waals surface area contributed by atoms with Gasteiger partial charge in [0, 0.05) is 25.7 Å². The average molecular weight is 1420 g/mol. The molecule has 0 aromatic carbocycles. The lowest BCUT2D eigenvalue weighted by Crippen LogP contribution is -2.30. The smallest absolute Gasteiger partial charge is 0.462 e. The zero-order valence-corrected chi connectivity index (χ0v) is 65.0. The van der Waals surface area contributed by atoms with E-state index in [0.717, 1.165) is 95.8 Å². The summed E-state index contributed by atoms with van der Waals surface area (Å²) in [5, 5.41) is 10.6. The van der Waals surface area contributed by atoms with Crippen LogP contribution >= 0.6 is 15.6 Å². The molecule has 0 aromatic rings. The van der Waals surface area contributed by atoms with Crippen LogP contribution in [-0.4, -0.2) is 96.7 Å². The molecule has 0 amide bonds. The molecule has 0 saturated carbocycles. The van der Waals surface area contributed by atoms with E-state index in [1.54, 1.807) is 0 Å². The van der Waals surface area contributed by atoms with Gasteiger partial charge in [-0.3, -0.25) is 37.3 Å². The highest BCUT2D eigenvalue weighted by Gasteiger charge is 2.30. The third-order valence-electron chi connectivity index (χ3n) is 18.3. The SMILES string of the molecule is CCCCCCCCCCCCCCCCCCCCCC(=O)O[C@H](COC(=O)CCCCCCCCCCCCCC(C)C)COP(=O)(O)OC[C@@H](O)COP(=O)(O)OC[C@@H](COC(=O)CCCCCCCCCCCC)OC(=O)CCCCCCCCCCCCCCCC. The number of esters is 4. The van der Waals surface area contributed by atoms with E-state index in [9.17, 15) is 43.2 Å². The molecule has 0 spiro atoms. The Bertz CT molecular complexity index is 1860. The molecule has 0 saturated heterocycles. The van der Waals surface area contributed by atoms with Crippen molar-refractivity contribution in [3.63, 3.8) is 0 Å². The molecule has 0 aromatic heterocycles. The molecule has 0 heterocycles. The van der Waals surface area contributed by atoms with E-state index >= 15 is 0 Å². The zero-order valence-electron chi connectivity index (χ0n) is 63.2. The van der Waals surface area contributed by atoms with Gasteiger partial charge in [-0.2, -0.15) is 0 Å². The van der Waals surface area contributed by atoms with Gasteiger partial charge < -0.3 is 33.8 Å². The largest absolute Gasteiger partial charge is 0.472 e. The van der Waals surface area contributed by atoms with E-state index in [1.165, 1.54) is 238 Å². The Hall–Kier alpha value is -1.94. The second kappa shape index (κ2) is 71.1. The molecule has 0 fully saturated rings. The first-order valence-electron chi connectivity index (χ1n) is 40.6. The summed E-state index contributed by atoms with van der Waals surface area (Å²) in [6.07, 6.45) is 60.9. The predicted molar refractivity (Wildman–Crippen MR) is 395 cm³/mol. The lowest BCUT2D eigenvalue weighted by Gasteiger charge is -2.21. The maximum atomic E-state index is 13.1. The van der Waals surface area contributed by atoms with Crippen molar-refractivity contribution in [2.24, 2.45) is 5.92 Å². The van der Waals surface area contributed by atoms with Crippen molar-refractivity contribution in [3.8, 4) is 0 Å². The summed E-state index contributed by atoms with van der Waals surface area (Å²) >= 11 is 0. The van der Waals surface area contributed by atoms with Gasteiger partial charge in [-0.15, -0.1) is 0 Å². The minimum absolute atomic E-state index is 0.108. The third kappa shape index (κ3) is 72.2. The van der Waals surface area contributed by atoms with E-state index in [1.807, 2.05) is 0 Å². The van der Waals surface area contributed by atoms with Crippen LogP contribution in [0, 0.1) is 5.92 Å². The molecular weight excluding hydrogens is 1270 g/mol. The highest BCUT2D eigenvalue weighted by molar-refractivity contribution is 7.47. The van der Waals surface area contributed by atoms with E-state index in [0.29, 0.717) is 25.7 Å². The topological polar surface area (TPSA) is 237 Å². The first kappa shape index (κ1) is 95.1. The highest BCUT2D eigenvalue weighted by atomic mass is 31.2. The standard InChI is InChI=1S/C78H152O17P2/c1-6-9-12-15-18-21-24-26-28-29-30-31-32-34-38-44-49-54-59-64-78(83)95-74(68-89-76(81)62-57-52-47-42-39-35-36-40-45-50-55-60-71(4)5)70-93-97(86,87)91-66-72(79)65-90-96(84,85)92-69-73(67-88-75(80)61-56-51-46-41-23-20-17-14-11-8-3)94-77(82)63-58-53-48-43-37-33-27-25-22-19-16-13-10-7-2/h71-74,79H,6-70H2,1-5H3,(H,84,85)(H,86,87)/t72-,73+,74+/m0/s1. The number of hydrogen-bond acceptors (Lipinski definition) is 15. The molecule has 17 nitrogen and oxygen atoms in total. The van der Waals surface area contributed by atoms with Crippen molar-refractivity contribution in [1.82, 2.24) is 0 Å². The quantitative estimate of drug-likeness (QED) is 0.0222. The van der Waals surface area contributed by atoms with Crippen LogP contribution in [0.1, 0.15) is 413 Å². The first-order chi connectivity index (χ1) is 47.0. The maximum absolute atomic E-state index is 13.1. The highest BCUT2D eigenvalue weighted by Crippen LogP contribution is 2.45. The van der Waals surface area contributed by atoms with Crippen LogP contribution in [0.4, 0.5) is 0 Å². The summed E-state index contributed by atoms with van der Waals surface area (Å²) in [5.41, 5.74) is 0. The van der Waals surface area contributed by atoms with E-state index in [4.69, 9.17) is 37.0 Å². The summed E-state index contributed by atoms with van der Waals surface area (Å²) in [6, 6.07) is 0. The number of aliphatic hydroxyl groups excluding tert-OH is 1. The lowest BCUT2D eigenvalue weighted by atomic mass is 10.0. The molecule has 0 radical (unpaired) electrons. The Labute approximate surface area is 594 Å². The van der Waals surface area contributed by atoms with Gasteiger partial charge in [0.2, 0.25) is 0 Å². The summed E-state index contributed by atoms with van der Waals surface area (Å²) < 4.78 is 68.6. The van der Waals surface area contributed by atoms with Crippen molar-refractivity contribution in [2.75, 3.05) is 39.6 Å². The molecule has 0 aliphatic heterocycles. The molecule has 19 heteroatoms.